The van der Waals surface area contributed by atoms with Crippen LogP contribution in [0.3, 0.4) is 0 Å². The average molecular weight is 256 g/mol. The van der Waals surface area contributed by atoms with Crippen molar-refractivity contribution in [1.29, 1.82) is 0 Å². The molecular formula is C5H6BrNO2S2. The molecule has 0 aliphatic carbocycles. The first-order chi connectivity index (χ1) is 5.06. The second-order valence-corrected chi connectivity index (χ2v) is 5.96. The molecule has 0 spiro atoms. The first kappa shape index (κ1) is 9.15. The van der Waals surface area contributed by atoms with E-state index in [1.165, 1.54) is 0 Å². The molecule has 0 aromatic carbocycles. The monoisotopic (exact) mass is 255 g/mol. The molecule has 0 unspecified atom stereocenters. The minimum Gasteiger partial charge on any atom is -0.221 e. The van der Waals surface area contributed by atoms with Crippen LogP contribution in [0.5, 0.6) is 0 Å². The van der Waals surface area contributed by atoms with E-state index in [4.69, 9.17) is 0 Å². The number of aromatic nitrogens is 1. The third kappa shape index (κ3) is 2.00. The van der Waals surface area contributed by atoms with E-state index in [2.05, 4.69) is 20.9 Å². The van der Waals surface area contributed by atoms with Crippen molar-refractivity contribution in [1.82, 2.24) is 4.98 Å². The predicted molar refractivity (Wildman–Crippen MR) is 47.5 cm³/mol. The van der Waals surface area contributed by atoms with E-state index in [0.717, 1.165) is 11.3 Å². The van der Waals surface area contributed by atoms with E-state index in [0.29, 0.717) is 4.60 Å². The summed E-state index contributed by atoms with van der Waals surface area (Å²) in [6, 6.07) is 0. The number of thiazole rings is 1. The van der Waals surface area contributed by atoms with Crippen molar-refractivity contribution in [2.24, 2.45) is 0 Å². The summed E-state index contributed by atoms with van der Waals surface area (Å²) in [5.41, 5.74) is 0. The van der Waals surface area contributed by atoms with Gasteiger partial charge < -0.3 is 0 Å². The van der Waals surface area contributed by atoms with Gasteiger partial charge in [-0.2, -0.15) is 0 Å². The normalized spacial score (nSPS) is 11.8. The molecule has 0 atom stereocenters. The van der Waals surface area contributed by atoms with Gasteiger partial charge in [-0.25, -0.2) is 13.4 Å². The fraction of sp³-hybridized carbons (Fsp3) is 0.400. The number of sulfone groups is 1. The standard InChI is InChI=1S/C5H6BrNO2S2/c1-2-11(8,9)5-7-4(6)3-10-5/h3H,2H2,1H3. The molecule has 0 fully saturated rings. The molecule has 0 N–H and O–H groups in total. The molecule has 1 aromatic heterocycles. The average Bonchev–Trinajstić information content (AvgIpc) is 2.36. The van der Waals surface area contributed by atoms with E-state index in [1.807, 2.05) is 0 Å². The quantitative estimate of drug-likeness (QED) is 0.809. The van der Waals surface area contributed by atoms with Gasteiger partial charge in [0.15, 0.2) is 0 Å². The van der Waals surface area contributed by atoms with Crippen LogP contribution in [0.1, 0.15) is 6.92 Å². The van der Waals surface area contributed by atoms with Crippen molar-refractivity contribution < 1.29 is 8.42 Å². The maximum absolute atomic E-state index is 11.1. The molecule has 62 valence electrons. The Balaban J connectivity index is 3.13. The number of halogens is 1. The fourth-order valence-electron chi connectivity index (χ4n) is 0.505. The number of nitrogens with zero attached hydrogens (tertiary/aromatic N) is 1. The maximum atomic E-state index is 11.1. The van der Waals surface area contributed by atoms with Gasteiger partial charge in [-0.05, 0) is 15.9 Å². The van der Waals surface area contributed by atoms with E-state index < -0.39 is 9.84 Å². The van der Waals surface area contributed by atoms with Gasteiger partial charge in [-0.15, -0.1) is 11.3 Å². The van der Waals surface area contributed by atoms with Crippen LogP contribution in [0.25, 0.3) is 0 Å². The molecule has 0 bridgehead atoms. The Morgan fingerprint density at radius 2 is 2.36 bits per heavy atom. The van der Waals surface area contributed by atoms with Crippen LogP contribution in [0.15, 0.2) is 14.3 Å². The van der Waals surface area contributed by atoms with Crippen LogP contribution >= 0.6 is 27.3 Å². The molecule has 0 aliphatic rings. The zero-order chi connectivity index (χ0) is 8.48. The van der Waals surface area contributed by atoms with Crippen molar-refractivity contribution in [3.8, 4) is 0 Å². The fourth-order valence-corrected chi connectivity index (χ4v) is 3.17. The lowest BCUT2D eigenvalue weighted by molar-refractivity contribution is 0.596. The van der Waals surface area contributed by atoms with Crippen LogP contribution in [0.4, 0.5) is 0 Å². The zero-order valence-electron chi connectivity index (χ0n) is 5.74. The third-order valence-corrected chi connectivity index (χ3v) is 4.88. The van der Waals surface area contributed by atoms with Crippen LogP contribution in [0.2, 0.25) is 0 Å². The summed E-state index contributed by atoms with van der Waals surface area (Å²) in [4.78, 5) is 3.80. The lowest BCUT2D eigenvalue weighted by atomic mass is 11.0. The largest absolute Gasteiger partial charge is 0.221 e. The number of hydrogen-bond donors (Lipinski definition) is 0. The summed E-state index contributed by atoms with van der Waals surface area (Å²) >= 11 is 4.22. The van der Waals surface area contributed by atoms with Crippen molar-refractivity contribution in [2.75, 3.05) is 5.75 Å². The zero-order valence-corrected chi connectivity index (χ0v) is 8.96. The molecule has 0 saturated carbocycles. The highest BCUT2D eigenvalue weighted by atomic mass is 79.9. The summed E-state index contributed by atoms with van der Waals surface area (Å²) in [5, 5.41) is 1.66. The molecule has 0 amide bonds. The molecule has 3 nitrogen and oxygen atoms in total. The number of hydrogen-bond acceptors (Lipinski definition) is 4. The minimum atomic E-state index is -3.10. The highest BCUT2D eigenvalue weighted by molar-refractivity contribution is 9.10. The van der Waals surface area contributed by atoms with E-state index >= 15 is 0 Å². The summed E-state index contributed by atoms with van der Waals surface area (Å²) in [7, 11) is -3.10. The van der Waals surface area contributed by atoms with E-state index in [9.17, 15) is 8.42 Å². The SMILES string of the molecule is CCS(=O)(=O)c1nc(Br)cs1. The number of rotatable bonds is 2. The van der Waals surface area contributed by atoms with Gasteiger partial charge in [0.2, 0.25) is 14.2 Å². The van der Waals surface area contributed by atoms with Crippen molar-refractivity contribution in [3.63, 3.8) is 0 Å². The third-order valence-electron chi connectivity index (χ3n) is 1.10. The topological polar surface area (TPSA) is 47.0 Å². The molecule has 6 heteroatoms. The van der Waals surface area contributed by atoms with E-state index in [1.54, 1.807) is 12.3 Å². The van der Waals surface area contributed by atoms with Gasteiger partial charge in [-0.1, -0.05) is 6.92 Å². The smallest absolute Gasteiger partial charge is 0.210 e. The van der Waals surface area contributed by atoms with Gasteiger partial charge in [0.05, 0.1) is 5.75 Å². The van der Waals surface area contributed by atoms with Crippen LogP contribution in [0, 0.1) is 0 Å². The lowest BCUT2D eigenvalue weighted by Gasteiger charge is -1.91. The molecular weight excluding hydrogens is 250 g/mol. The Hall–Kier alpha value is 0.0600. The lowest BCUT2D eigenvalue weighted by Crippen LogP contribution is -2.02. The summed E-state index contributed by atoms with van der Waals surface area (Å²) < 4.78 is 23.0. The van der Waals surface area contributed by atoms with Gasteiger partial charge in [0.25, 0.3) is 0 Å². The molecule has 1 aromatic rings. The molecule has 1 rings (SSSR count). The van der Waals surface area contributed by atoms with Gasteiger partial charge >= 0.3 is 0 Å². The first-order valence-electron chi connectivity index (χ1n) is 2.90. The minimum absolute atomic E-state index is 0.104. The second kappa shape index (κ2) is 3.20. The molecule has 0 saturated heterocycles. The Labute approximate surface area is 77.5 Å². The Kier molecular flexibility index (Phi) is 2.66. The van der Waals surface area contributed by atoms with Crippen molar-refractivity contribution in [3.05, 3.63) is 9.98 Å². The molecule has 0 aliphatic heterocycles. The summed E-state index contributed by atoms with van der Waals surface area (Å²) in [5.74, 6) is 0.104. The highest BCUT2D eigenvalue weighted by Crippen LogP contribution is 2.20. The first-order valence-corrected chi connectivity index (χ1v) is 6.22. The Morgan fingerprint density at radius 3 is 2.73 bits per heavy atom. The van der Waals surface area contributed by atoms with E-state index in [-0.39, 0.29) is 10.1 Å². The Bertz CT molecular complexity index is 343. The summed E-state index contributed by atoms with van der Waals surface area (Å²) in [6.07, 6.45) is 0. The molecule has 0 radical (unpaired) electrons. The predicted octanol–water partition coefficient (Wildman–Crippen LogP) is 1.70. The van der Waals surface area contributed by atoms with Crippen LogP contribution < -0.4 is 0 Å². The van der Waals surface area contributed by atoms with Gasteiger partial charge in [-0.3, -0.25) is 0 Å². The van der Waals surface area contributed by atoms with Gasteiger partial charge in [0, 0.05) is 5.38 Å². The van der Waals surface area contributed by atoms with Crippen molar-refractivity contribution in [2.45, 2.75) is 11.3 Å². The molecule has 1 heterocycles. The van der Waals surface area contributed by atoms with Crippen LogP contribution in [-0.2, 0) is 9.84 Å². The van der Waals surface area contributed by atoms with Crippen molar-refractivity contribution >= 4 is 37.1 Å². The Morgan fingerprint density at radius 1 is 1.73 bits per heavy atom. The van der Waals surface area contributed by atoms with Gasteiger partial charge in [0.1, 0.15) is 4.60 Å². The van der Waals surface area contributed by atoms with Crippen LogP contribution in [-0.4, -0.2) is 19.2 Å². The summed E-state index contributed by atoms with van der Waals surface area (Å²) in [6.45, 7) is 1.60. The maximum Gasteiger partial charge on any atom is 0.210 e. The highest BCUT2D eigenvalue weighted by Gasteiger charge is 2.15. The molecule has 11 heavy (non-hydrogen) atoms. The second-order valence-electron chi connectivity index (χ2n) is 1.84.